The van der Waals surface area contributed by atoms with Gasteiger partial charge in [-0.3, -0.25) is 4.79 Å². The number of rotatable bonds is 5. The largest absolute Gasteiger partial charge is 0.465 e. The molecule has 2 rings (SSSR count). The van der Waals surface area contributed by atoms with E-state index in [1.165, 1.54) is 30.2 Å². The Morgan fingerprint density at radius 3 is 2.52 bits per heavy atom. The molecule has 0 unspecified atom stereocenters. The minimum atomic E-state index is -0.517. The first kappa shape index (κ1) is 14.8. The molecular weight excluding hydrogens is 272 g/mol. The van der Waals surface area contributed by atoms with E-state index in [4.69, 9.17) is 9.47 Å². The van der Waals surface area contributed by atoms with Crippen LogP contribution in [0.2, 0.25) is 0 Å². The molecule has 2 aromatic rings. The molecule has 0 N–H and O–H groups in total. The van der Waals surface area contributed by atoms with Crippen molar-refractivity contribution >= 4 is 12.1 Å². The van der Waals surface area contributed by atoms with Crippen LogP contribution >= 0.6 is 0 Å². The van der Waals surface area contributed by atoms with Gasteiger partial charge in [-0.1, -0.05) is 30.3 Å². The zero-order chi connectivity index (χ0) is 15.1. The molecule has 1 aromatic carbocycles. The fraction of sp³-hybridized carbons (Fsp3) is 0.267. The van der Waals surface area contributed by atoms with Gasteiger partial charge in [0.2, 0.25) is 0 Å². The quantitative estimate of drug-likeness (QED) is 0.789. The molecule has 1 atom stereocenters. The van der Waals surface area contributed by atoms with E-state index in [1.807, 2.05) is 30.3 Å². The number of benzene rings is 1. The molecule has 0 aliphatic rings. The number of nitrogens with zero attached hydrogens (tertiary/aromatic N) is 2. The van der Waals surface area contributed by atoms with Crippen molar-refractivity contribution in [1.29, 1.82) is 0 Å². The van der Waals surface area contributed by atoms with Gasteiger partial charge in [0.15, 0.2) is 0 Å². The molecule has 0 amide bonds. The number of hydrogen-bond acceptors (Lipinski definition) is 5. The Balaban J connectivity index is 1.99. The molecule has 0 bridgehead atoms. The van der Waals surface area contributed by atoms with E-state index in [1.54, 1.807) is 0 Å². The maximum atomic E-state index is 11.8. The number of aromatic nitrogens is 2. The van der Waals surface area contributed by atoms with Gasteiger partial charge < -0.3 is 9.47 Å². The number of ether oxygens (including phenoxy) is 2. The molecule has 0 aliphatic heterocycles. The molecule has 0 saturated heterocycles. The maximum Gasteiger partial charge on any atom is 0.419 e. The minimum Gasteiger partial charge on any atom is -0.465 e. The summed E-state index contributed by atoms with van der Waals surface area (Å²) in [6.07, 6.45) is 3.85. The van der Waals surface area contributed by atoms with Crippen LogP contribution in [0.15, 0.2) is 49.1 Å². The summed E-state index contributed by atoms with van der Waals surface area (Å²) < 4.78 is 11.5. The van der Waals surface area contributed by atoms with Crippen LogP contribution in [0.1, 0.15) is 18.4 Å². The third-order valence-electron chi connectivity index (χ3n) is 2.88. The Hall–Kier alpha value is -2.63. The molecule has 0 spiro atoms. The standard InChI is InChI=1S/C15H16N2O4/c1-12(18)20-9-14(13-5-3-2-4-6-13)10-21-15(19)17-8-7-16-11-17/h2-8,11,14H,9-10H2,1H3/t14-/m0/s1. The fourth-order valence-corrected chi connectivity index (χ4v) is 1.80. The smallest absolute Gasteiger partial charge is 0.419 e. The first-order chi connectivity index (χ1) is 10.2. The monoisotopic (exact) mass is 288 g/mol. The summed E-state index contributed by atoms with van der Waals surface area (Å²) in [4.78, 5) is 26.5. The highest BCUT2D eigenvalue weighted by atomic mass is 16.6. The molecule has 21 heavy (non-hydrogen) atoms. The van der Waals surface area contributed by atoms with Gasteiger partial charge >= 0.3 is 12.1 Å². The van der Waals surface area contributed by atoms with Crippen molar-refractivity contribution in [2.45, 2.75) is 12.8 Å². The van der Waals surface area contributed by atoms with Crippen molar-refractivity contribution in [2.24, 2.45) is 0 Å². The van der Waals surface area contributed by atoms with E-state index in [2.05, 4.69) is 4.98 Å². The number of esters is 1. The van der Waals surface area contributed by atoms with Gasteiger partial charge in [0.1, 0.15) is 19.5 Å². The summed E-state index contributed by atoms with van der Waals surface area (Å²) in [5.74, 6) is -0.570. The van der Waals surface area contributed by atoms with Crippen molar-refractivity contribution in [1.82, 2.24) is 9.55 Å². The van der Waals surface area contributed by atoms with Gasteiger partial charge in [0.25, 0.3) is 0 Å². The van der Waals surface area contributed by atoms with Gasteiger partial charge in [-0.25, -0.2) is 14.3 Å². The summed E-state index contributed by atoms with van der Waals surface area (Å²) in [6, 6.07) is 9.46. The SMILES string of the molecule is CC(=O)OC[C@@H](COC(=O)n1ccnc1)c1ccccc1. The summed E-state index contributed by atoms with van der Waals surface area (Å²) in [6.45, 7) is 1.63. The second-order valence-electron chi connectivity index (χ2n) is 4.46. The average molecular weight is 288 g/mol. The molecule has 0 radical (unpaired) electrons. The summed E-state index contributed by atoms with van der Waals surface area (Å²) >= 11 is 0. The van der Waals surface area contributed by atoms with Crippen molar-refractivity contribution in [3.05, 3.63) is 54.6 Å². The lowest BCUT2D eigenvalue weighted by Crippen LogP contribution is -2.20. The van der Waals surface area contributed by atoms with Crippen molar-refractivity contribution in [3.8, 4) is 0 Å². The number of carbonyl (C=O) groups is 2. The first-order valence-corrected chi connectivity index (χ1v) is 6.50. The Morgan fingerprint density at radius 2 is 1.90 bits per heavy atom. The number of carbonyl (C=O) groups excluding carboxylic acids is 2. The Morgan fingerprint density at radius 1 is 1.19 bits per heavy atom. The van der Waals surface area contributed by atoms with Crippen LogP contribution in [0.5, 0.6) is 0 Å². The lowest BCUT2D eigenvalue weighted by molar-refractivity contribution is -0.141. The predicted molar refractivity (Wildman–Crippen MR) is 74.8 cm³/mol. The molecule has 1 heterocycles. The first-order valence-electron chi connectivity index (χ1n) is 6.50. The highest BCUT2D eigenvalue weighted by Gasteiger charge is 2.16. The lowest BCUT2D eigenvalue weighted by atomic mass is 10.0. The van der Waals surface area contributed by atoms with Gasteiger partial charge in [0.05, 0.1) is 5.92 Å². The van der Waals surface area contributed by atoms with E-state index in [9.17, 15) is 9.59 Å². The normalized spacial score (nSPS) is 11.7. The van der Waals surface area contributed by atoms with Gasteiger partial charge in [0, 0.05) is 19.3 Å². The Kier molecular flexibility index (Phi) is 5.09. The zero-order valence-electron chi connectivity index (χ0n) is 11.6. The molecule has 110 valence electrons. The Bertz CT molecular complexity index is 581. The molecular formula is C15H16N2O4. The molecule has 6 heteroatoms. The van der Waals surface area contributed by atoms with E-state index in [-0.39, 0.29) is 25.1 Å². The lowest BCUT2D eigenvalue weighted by Gasteiger charge is -2.17. The van der Waals surface area contributed by atoms with E-state index >= 15 is 0 Å². The summed E-state index contributed by atoms with van der Waals surface area (Å²) in [7, 11) is 0. The number of hydrogen-bond donors (Lipinski definition) is 0. The van der Waals surface area contributed by atoms with Gasteiger partial charge in [-0.05, 0) is 5.56 Å². The molecule has 6 nitrogen and oxygen atoms in total. The van der Waals surface area contributed by atoms with E-state index in [0.717, 1.165) is 5.56 Å². The highest BCUT2D eigenvalue weighted by Crippen LogP contribution is 2.17. The predicted octanol–water partition coefficient (Wildman–Crippen LogP) is 2.21. The van der Waals surface area contributed by atoms with Crippen LogP contribution in [-0.4, -0.2) is 34.8 Å². The molecule has 0 aliphatic carbocycles. The fourth-order valence-electron chi connectivity index (χ4n) is 1.80. The maximum absolute atomic E-state index is 11.8. The van der Waals surface area contributed by atoms with Gasteiger partial charge in [-0.15, -0.1) is 0 Å². The second kappa shape index (κ2) is 7.23. The van der Waals surface area contributed by atoms with Crippen LogP contribution in [-0.2, 0) is 14.3 Å². The van der Waals surface area contributed by atoms with Crippen LogP contribution < -0.4 is 0 Å². The summed E-state index contributed by atoms with van der Waals surface area (Å²) in [5.41, 5.74) is 0.942. The number of imidazole rings is 1. The third-order valence-corrected chi connectivity index (χ3v) is 2.88. The van der Waals surface area contributed by atoms with Crippen LogP contribution in [0.25, 0.3) is 0 Å². The second-order valence-corrected chi connectivity index (χ2v) is 4.46. The third kappa shape index (κ3) is 4.45. The zero-order valence-corrected chi connectivity index (χ0v) is 11.6. The average Bonchev–Trinajstić information content (AvgIpc) is 3.02. The van der Waals surface area contributed by atoms with Gasteiger partial charge in [-0.2, -0.15) is 0 Å². The van der Waals surface area contributed by atoms with E-state index in [0.29, 0.717) is 0 Å². The van der Waals surface area contributed by atoms with Crippen LogP contribution in [0.4, 0.5) is 4.79 Å². The van der Waals surface area contributed by atoms with Crippen molar-refractivity contribution < 1.29 is 19.1 Å². The Labute approximate surface area is 122 Å². The van der Waals surface area contributed by atoms with Crippen molar-refractivity contribution in [2.75, 3.05) is 13.2 Å². The molecule has 1 aromatic heterocycles. The molecule has 0 fully saturated rings. The van der Waals surface area contributed by atoms with Crippen LogP contribution in [0, 0.1) is 0 Å². The van der Waals surface area contributed by atoms with E-state index < -0.39 is 6.09 Å². The molecule has 0 saturated carbocycles. The van der Waals surface area contributed by atoms with Crippen LogP contribution in [0.3, 0.4) is 0 Å². The summed E-state index contributed by atoms with van der Waals surface area (Å²) in [5, 5.41) is 0. The highest BCUT2D eigenvalue weighted by molar-refractivity contribution is 5.70. The van der Waals surface area contributed by atoms with Crippen molar-refractivity contribution in [3.63, 3.8) is 0 Å². The minimum absolute atomic E-state index is 0.119. The topological polar surface area (TPSA) is 70.4 Å².